The summed E-state index contributed by atoms with van der Waals surface area (Å²) in [7, 11) is 0. The van der Waals surface area contributed by atoms with E-state index in [4.69, 9.17) is 4.42 Å². The van der Waals surface area contributed by atoms with Gasteiger partial charge in [0.05, 0.1) is 5.71 Å². The number of hydrogen-bond acceptors (Lipinski definition) is 5. The van der Waals surface area contributed by atoms with E-state index in [-0.39, 0.29) is 23.3 Å². The zero-order chi connectivity index (χ0) is 22.7. The second-order valence-electron chi connectivity index (χ2n) is 7.76. The Labute approximate surface area is 186 Å². The van der Waals surface area contributed by atoms with Crippen molar-refractivity contribution in [3.05, 3.63) is 82.3 Å². The van der Waals surface area contributed by atoms with Crippen LogP contribution >= 0.6 is 0 Å². The summed E-state index contributed by atoms with van der Waals surface area (Å²) in [6, 6.07) is 13.7. The van der Waals surface area contributed by atoms with Gasteiger partial charge in [-0.25, -0.2) is 5.43 Å². The third kappa shape index (κ3) is 4.42. The van der Waals surface area contributed by atoms with Crippen molar-refractivity contribution in [1.82, 2.24) is 5.43 Å². The number of hydrogen-bond donors (Lipinski definition) is 3. The van der Waals surface area contributed by atoms with Gasteiger partial charge in [-0.3, -0.25) is 9.59 Å². The van der Waals surface area contributed by atoms with Gasteiger partial charge in [0.2, 0.25) is 0 Å². The molecular weight excluding hydrogens is 406 g/mol. The lowest BCUT2D eigenvalue weighted by atomic mass is 9.93. The first-order valence-corrected chi connectivity index (χ1v) is 10.6. The van der Waals surface area contributed by atoms with E-state index in [0.29, 0.717) is 41.1 Å². The highest BCUT2D eigenvalue weighted by molar-refractivity contribution is 6.09. The topological polar surface area (TPSA) is 104 Å². The van der Waals surface area contributed by atoms with Gasteiger partial charge in [-0.1, -0.05) is 19.1 Å². The second-order valence-corrected chi connectivity index (χ2v) is 7.76. The number of benzene rings is 2. The zero-order valence-corrected chi connectivity index (χ0v) is 18.1. The number of rotatable bonds is 5. The largest absolute Gasteiger partial charge is 0.508 e. The molecule has 0 bridgehead atoms. The maximum Gasteiger partial charge on any atom is 0.291 e. The predicted molar refractivity (Wildman–Crippen MR) is 122 cm³/mol. The molecule has 0 aliphatic heterocycles. The summed E-state index contributed by atoms with van der Waals surface area (Å²) in [6.45, 7) is 3.91. The lowest BCUT2D eigenvalue weighted by Crippen LogP contribution is -2.22. The van der Waals surface area contributed by atoms with E-state index >= 15 is 0 Å². The molecule has 1 aliphatic rings. The van der Waals surface area contributed by atoms with E-state index in [2.05, 4.69) is 22.8 Å². The summed E-state index contributed by atoms with van der Waals surface area (Å²) in [5.41, 5.74) is 7.04. The molecule has 1 aliphatic carbocycles. The quantitative estimate of drug-likeness (QED) is 0.515. The van der Waals surface area contributed by atoms with Crippen LogP contribution in [0.2, 0.25) is 0 Å². The van der Waals surface area contributed by atoms with Gasteiger partial charge in [-0.2, -0.15) is 5.10 Å². The molecule has 4 rings (SSSR count). The van der Waals surface area contributed by atoms with Gasteiger partial charge in [0.25, 0.3) is 11.8 Å². The van der Waals surface area contributed by atoms with Crippen molar-refractivity contribution in [2.45, 2.75) is 39.5 Å². The molecule has 0 spiro atoms. The fourth-order valence-electron chi connectivity index (χ4n) is 3.80. The minimum absolute atomic E-state index is 0.0888. The number of carbonyl (C=O) groups excluding carboxylic acids is 2. The third-order valence-corrected chi connectivity index (χ3v) is 5.57. The lowest BCUT2D eigenvalue weighted by molar-refractivity contribution is 0.0953. The normalized spacial score (nSPS) is 14.1. The van der Waals surface area contributed by atoms with Gasteiger partial charge in [0.15, 0.2) is 5.76 Å². The molecular formula is C25H25N3O4. The van der Waals surface area contributed by atoms with E-state index in [9.17, 15) is 14.7 Å². The Morgan fingerprint density at radius 3 is 2.44 bits per heavy atom. The Kier molecular flexibility index (Phi) is 6.07. The van der Waals surface area contributed by atoms with Gasteiger partial charge < -0.3 is 14.8 Å². The van der Waals surface area contributed by atoms with E-state index in [0.717, 1.165) is 18.4 Å². The Bertz CT molecular complexity index is 1180. The molecule has 3 N–H and O–H groups in total. The van der Waals surface area contributed by atoms with Crippen molar-refractivity contribution < 1.29 is 19.1 Å². The molecule has 2 amide bonds. The zero-order valence-electron chi connectivity index (χ0n) is 18.1. The number of hydrazone groups is 1. The first-order valence-electron chi connectivity index (χ1n) is 10.6. The van der Waals surface area contributed by atoms with Crippen LogP contribution < -0.4 is 10.7 Å². The van der Waals surface area contributed by atoms with E-state index in [1.54, 1.807) is 0 Å². The molecule has 0 saturated heterocycles. The fraction of sp³-hybridized carbons (Fsp3) is 0.240. The number of phenols is 1. The van der Waals surface area contributed by atoms with Crippen LogP contribution in [-0.4, -0.2) is 22.6 Å². The predicted octanol–water partition coefficient (Wildman–Crippen LogP) is 4.58. The number of nitrogens with zero attached hydrogens (tertiary/aromatic N) is 1. The molecule has 1 aromatic heterocycles. The summed E-state index contributed by atoms with van der Waals surface area (Å²) in [5.74, 6) is 0.366. The summed E-state index contributed by atoms with van der Waals surface area (Å²) in [5, 5.41) is 16.6. The smallest absolute Gasteiger partial charge is 0.291 e. The molecule has 3 aromatic rings. The van der Waals surface area contributed by atoms with Crippen LogP contribution in [0.5, 0.6) is 5.75 Å². The van der Waals surface area contributed by atoms with Crippen LogP contribution in [-0.2, 0) is 12.8 Å². The highest BCUT2D eigenvalue weighted by Gasteiger charge is 2.28. The van der Waals surface area contributed by atoms with E-state index in [1.165, 1.54) is 29.8 Å². The Morgan fingerprint density at radius 1 is 1.03 bits per heavy atom. The number of aromatic hydroxyl groups is 1. The monoisotopic (exact) mass is 431 g/mol. The highest BCUT2D eigenvalue weighted by Crippen LogP contribution is 2.30. The first kappa shape index (κ1) is 21.4. The van der Waals surface area contributed by atoms with Crippen LogP contribution in [0.25, 0.3) is 0 Å². The maximum absolute atomic E-state index is 12.9. The average Bonchev–Trinajstić information content (AvgIpc) is 3.15. The minimum Gasteiger partial charge on any atom is -0.508 e. The molecule has 7 heteroatoms. The summed E-state index contributed by atoms with van der Waals surface area (Å²) >= 11 is 0. The highest BCUT2D eigenvalue weighted by atomic mass is 16.4. The number of anilines is 1. The number of carbonyl (C=O) groups is 2. The number of nitrogens with one attached hydrogen (secondary N) is 2. The molecule has 7 nitrogen and oxygen atoms in total. The van der Waals surface area contributed by atoms with Gasteiger partial charge in [-0.05, 0) is 68.1 Å². The fourth-order valence-corrected chi connectivity index (χ4v) is 3.80. The number of furan rings is 1. The molecule has 0 saturated carbocycles. The molecule has 32 heavy (non-hydrogen) atoms. The van der Waals surface area contributed by atoms with Gasteiger partial charge in [0, 0.05) is 28.8 Å². The SMILES string of the molecule is CCc1ccc(NC(=O)c2oc3c(c2C)/C(=N/NC(=O)c2ccc(O)cc2)CCC3)cc1. The van der Waals surface area contributed by atoms with Crippen LogP contribution in [0.1, 0.15) is 63.1 Å². The Balaban J connectivity index is 1.54. The summed E-state index contributed by atoms with van der Waals surface area (Å²) < 4.78 is 5.92. The molecule has 2 aromatic carbocycles. The second kappa shape index (κ2) is 9.09. The Hall–Kier alpha value is -3.87. The van der Waals surface area contributed by atoms with Crippen molar-refractivity contribution in [1.29, 1.82) is 0 Å². The van der Waals surface area contributed by atoms with Gasteiger partial charge >= 0.3 is 0 Å². The molecule has 0 fully saturated rings. The van der Waals surface area contributed by atoms with Crippen molar-refractivity contribution in [2.24, 2.45) is 5.10 Å². The van der Waals surface area contributed by atoms with Crippen LogP contribution in [0.4, 0.5) is 5.69 Å². The molecule has 1 heterocycles. The molecule has 0 atom stereocenters. The van der Waals surface area contributed by atoms with Crippen molar-refractivity contribution >= 4 is 23.2 Å². The first-order chi connectivity index (χ1) is 15.5. The number of amides is 2. The van der Waals surface area contributed by atoms with Crippen molar-refractivity contribution in [3.63, 3.8) is 0 Å². The average molecular weight is 431 g/mol. The van der Waals surface area contributed by atoms with Crippen LogP contribution in [0, 0.1) is 6.92 Å². The standard InChI is InChI=1S/C25H25N3O4/c1-3-16-7-11-18(12-8-16)26-25(31)23-15(2)22-20(5-4-6-21(22)32-23)27-28-24(30)17-9-13-19(29)14-10-17/h7-14,29H,3-6H2,1-2H3,(H,26,31)(H,28,30)/b27-20+. The molecule has 0 unspecified atom stereocenters. The van der Waals surface area contributed by atoms with E-state index in [1.807, 2.05) is 31.2 Å². The van der Waals surface area contributed by atoms with E-state index < -0.39 is 0 Å². The minimum atomic E-state index is -0.376. The summed E-state index contributed by atoms with van der Waals surface area (Å²) in [6.07, 6.45) is 3.12. The molecule has 0 radical (unpaired) electrons. The van der Waals surface area contributed by atoms with Gasteiger partial charge in [-0.15, -0.1) is 0 Å². The number of fused-ring (bicyclic) bond motifs is 1. The van der Waals surface area contributed by atoms with Crippen LogP contribution in [0.3, 0.4) is 0 Å². The number of aryl methyl sites for hydroxylation is 2. The Morgan fingerprint density at radius 2 is 1.75 bits per heavy atom. The van der Waals surface area contributed by atoms with Crippen molar-refractivity contribution in [2.75, 3.05) is 5.32 Å². The number of phenolic OH excluding ortho intramolecular Hbond substituents is 1. The molecule has 164 valence electrons. The maximum atomic E-state index is 12.9. The lowest BCUT2D eigenvalue weighted by Gasteiger charge is -2.13. The van der Waals surface area contributed by atoms with Gasteiger partial charge in [0.1, 0.15) is 11.5 Å². The summed E-state index contributed by atoms with van der Waals surface area (Å²) in [4.78, 5) is 25.2. The van der Waals surface area contributed by atoms with Crippen LogP contribution in [0.15, 0.2) is 58.0 Å². The third-order valence-electron chi connectivity index (χ3n) is 5.57. The van der Waals surface area contributed by atoms with Crippen molar-refractivity contribution in [3.8, 4) is 5.75 Å².